The highest BCUT2D eigenvalue weighted by molar-refractivity contribution is 5.97. The number of fused-ring (bicyclic) bond motifs is 1. The van der Waals surface area contributed by atoms with Crippen LogP contribution in [0.15, 0.2) is 60.8 Å². The van der Waals surface area contributed by atoms with E-state index in [1.54, 1.807) is 35.4 Å². The van der Waals surface area contributed by atoms with Gasteiger partial charge in [0.25, 0.3) is 11.8 Å². The largest absolute Gasteiger partial charge is 0.489 e. The van der Waals surface area contributed by atoms with Crippen LogP contribution in [0.25, 0.3) is 10.9 Å². The molecule has 1 aromatic heterocycles. The first-order chi connectivity index (χ1) is 14.7. The Bertz CT molecular complexity index is 1020. The molecule has 1 fully saturated rings. The van der Waals surface area contributed by atoms with Crippen LogP contribution in [0, 0.1) is 0 Å². The van der Waals surface area contributed by atoms with E-state index in [0.29, 0.717) is 56.3 Å². The molecule has 0 radical (unpaired) electrons. The van der Waals surface area contributed by atoms with Gasteiger partial charge >= 0.3 is 0 Å². The van der Waals surface area contributed by atoms with Gasteiger partial charge < -0.3 is 19.7 Å². The zero-order valence-electron chi connectivity index (χ0n) is 16.5. The highest BCUT2D eigenvalue weighted by Crippen LogP contribution is 2.22. The van der Waals surface area contributed by atoms with Crippen molar-refractivity contribution in [3.05, 3.63) is 71.9 Å². The van der Waals surface area contributed by atoms with Crippen molar-refractivity contribution >= 4 is 22.7 Å². The van der Waals surface area contributed by atoms with Gasteiger partial charge in [0.05, 0.1) is 19.8 Å². The maximum Gasteiger partial charge on any atom is 0.254 e. The number of amides is 2. The van der Waals surface area contributed by atoms with E-state index in [4.69, 9.17) is 9.47 Å². The summed E-state index contributed by atoms with van der Waals surface area (Å²) in [6.07, 6.45) is 1.73. The van der Waals surface area contributed by atoms with Crippen molar-refractivity contribution < 1.29 is 19.1 Å². The quantitative estimate of drug-likeness (QED) is 0.638. The van der Waals surface area contributed by atoms with Crippen LogP contribution >= 0.6 is 0 Å². The van der Waals surface area contributed by atoms with E-state index in [-0.39, 0.29) is 11.8 Å². The molecule has 1 saturated heterocycles. The number of carbonyl (C=O) groups excluding carboxylic acids is 2. The molecule has 0 spiro atoms. The molecule has 7 heteroatoms. The van der Waals surface area contributed by atoms with E-state index in [2.05, 4.69) is 10.3 Å². The van der Waals surface area contributed by atoms with Crippen molar-refractivity contribution in [1.82, 2.24) is 15.2 Å². The Morgan fingerprint density at radius 3 is 2.53 bits per heavy atom. The predicted molar refractivity (Wildman–Crippen MR) is 113 cm³/mol. The Morgan fingerprint density at radius 2 is 1.73 bits per heavy atom. The molecule has 154 valence electrons. The Hall–Kier alpha value is -3.45. The van der Waals surface area contributed by atoms with E-state index < -0.39 is 0 Å². The first-order valence-corrected chi connectivity index (χ1v) is 9.94. The van der Waals surface area contributed by atoms with E-state index in [9.17, 15) is 9.59 Å². The molecule has 0 saturated carbocycles. The molecular weight excluding hydrogens is 382 g/mol. The number of benzene rings is 2. The second-order valence-electron chi connectivity index (χ2n) is 6.92. The number of pyridine rings is 1. The molecule has 0 aliphatic carbocycles. The lowest BCUT2D eigenvalue weighted by Gasteiger charge is -2.26. The molecule has 0 unspecified atom stereocenters. The lowest BCUT2D eigenvalue weighted by molar-refractivity contribution is 0.0303. The number of hydrogen-bond donors (Lipinski definition) is 1. The summed E-state index contributed by atoms with van der Waals surface area (Å²) >= 11 is 0. The molecule has 1 N–H and O–H groups in total. The first-order valence-electron chi connectivity index (χ1n) is 9.94. The zero-order chi connectivity index (χ0) is 20.8. The predicted octanol–water partition coefficient (Wildman–Crippen LogP) is 2.52. The van der Waals surface area contributed by atoms with Gasteiger partial charge in [-0.05, 0) is 36.4 Å². The topological polar surface area (TPSA) is 80.8 Å². The van der Waals surface area contributed by atoms with Crippen molar-refractivity contribution in [2.75, 3.05) is 39.5 Å². The third kappa shape index (κ3) is 4.58. The maximum absolute atomic E-state index is 12.5. The summed E-state index contributed by atoms with van der Waals surface area (Å²) in [5.41, 5.74) is 1.87. The lowest BCUT2D eigenvalue weighted by atomic mass is 10.1. The number of nitrogens with zero attached hydrogens (tertiary/aromatic N) is 2. The summed E-state index contributed by atoms with van der Waals surface area (Å²) in [5.74, 6) is 0.440. The van der Waals surface area contributed by atoms with Crippen LogP contribution in [-0.4, -0.2) is 61.2 Å². The lowest BCUT2D eigenvalue weighted by Crippen LogP contribution is -2.40. The van der Waals surface area contributed by atoms with Gasteiger partial charge in [-0.3, -0.25) is 14.6 Å². The Kier molecular flexibility index (Phi) is 6.20. The number of hydrogen-bond acceptors (Lipinski definition) is 5. The van der Waals surface area contributed by atoms with Crippen LogP contribution in [-0.2, 0) is 4.74 Å². The van der Waals surface area contributed by atoms with Gasteiger partial charge in [-0.1, -0.05) is 18.2 Å². The van der Waals surface area contributed by atoms with E-state index in [1.165, 1.54) is 0 Å². The van der Waals surface area contributed by atoms with Gasteiger partial charge in [0.2, 0.25) is 0 Å². The van der Waals surface area contributed by atoms with E-state index in [0.717, 1.165) is 10.9 Å². The molecule has 0 atom stereocenters. The van der Waals surface area contributed by atoms with Crippen LogP contribution in [0.4, 0.5) is 0 Å². The van der Waals surface area contributed by atoms with Gasteiger partial charge in [0.1, 0.15) is 17.9 Å². The number of ether oxygens (including phenoxy) is 2. The summed E-state index contributed by atoms with van der Waals surface area (Å²) in [6.45, 7) is 2.98. The van der Waals surface area contributed by atoms with Crippen molar-refractivity contribution in [3.63, 3.8) is 0 Å². The van der Waals surface area contributed by atoms with Crippen molar-refractivity contribution in [3.8, 4) is 5.75 Å². The molecule has 1 aliphatic rings. The van der Waals surface area contributed by atoms with Crippen LogP contribution in [0.5, 0.6) is 5.75 Å². The monoisotopic (exact) mass is 405 g/mol. The highest BCUT2D eigenvalue weighted by atomic mass is 16.5. The van der Waals surface area contributed by atoms with Crippen LogP contribution in [0.3, 0.4) is 0 Å². The molecule has 30 heavy (non-hydrogen) atoms. The summed E-state index contributed by atoms with van der Waals surface area (Å²) in [6, 6.07) is 16.3. The van der Waals surface area contributed by atoms with Gasteiger partial charge in [-0.25, -0.2) is 0 Å². The fourth-order valence-electron chi connectivity index (χ4n) is 3.33. The number of rotatable bonds is 6. The van der Waals surface area contributed by atoms with Crippen molar-refractivity contribution in [2.45, 2.75) is 0 Å². The minimum absolute atomic E-state index is 0.0395. The molecular formula is C23H23N3O4. The SMILES string of the molecule is O=C(NCCOc1cccc2cccnc12)c1ccc(C(=O)N2CCOCC2)cc1. The Balaban J connectivity index is 1.28. The Labute approximate surface area is 174 Å². The molecule has 2 amide bonds. The zero-order valence-corrected chi connectivity index (χ0v) is 16.5. The third-order valence-electron chi connectivity index (χ3n) is 4.93. The number of nitrogens with one attached hydrogen (secondary N) is 1. The number of carbonyl (C=O) groups is 2. The minimum Gasteiger partial charge on any atom is -0.489 e. The van der Waals surface area contributed by atoms with E-state index >= 15 is 0 Å². The third-order valence-corrected chi connectivity index (χ3v) is 4.93. The van der Waals surface area contributed by atoms with Crippen LogP contribution in [0.1, 0.15) is 20.7 Å². The summed E-state index contributed by atoms with van der Waals surface area (Å²) in [5, 5.41) is 3.84. The maximum atomic E-state index is 12.5. The standard InChI is InChI=1S/C23H23N3O4/c27-22(18-6-8-19(9-7-18)23(28)26-12-15-29-16-13-26)25-11-14-30-20-5-1-3-17-4-2-10-24-21(17)20/h1-10H,11-16H2,(H,25,27). The molecule has 2 aromatic carbocycles. The van der Waals surface area contributed by atoms with Crippen LogP contribution < -0.4 is 10.1 Å². The number of morpholine rings is 1. The minimum atomic E-state index is -0.208. The fourth-order valence-corrected chi connectivity index (χ4v) is 3.33. The smallest absolute Gasteiger partial charge is 0.254 e. The van der Waals surface area contributed by atoms with Gasteiger partial charge in [-0.15, -0.1) is 0 Å². The Morgan fingerprint density at radius 1 is 1.00 bits per heavy atom. The summed E-state index contributed by atoms with van der Waals surface area (Å²) in [7, 11) is 0. The van der Waals surface area contributed by atoms with Crippen LogP contribution in [0.2, 0.25) is 0 Å². The van der Waals surface area contributed by atoms with Gasteiger partial charge in [0.15, 0.2) is 0 Å². The normalized spacial score (nSPS) is 13.8. The molecule has 4 rings (SSSR count). The second-order valence-corrected chi connectivity index (χ2v) is 6.92. The molecule has 7 nitrogen and oxygen atoms in total. The summed E-state index contributed by atoms with van der Waals surface area (Å²) < 4.78 is 11.1. The number of aromatic nitrogens is 1. The average molecular weight is 405 g/mol. The molecule has 0 bridgehead atoms. The van der Waals surface area contributed by atoms with Crippen molar-refractivity contribution in [2.24, 2.45) is 0 Å². The highest BCUT2D eigenvalue weighted by Gasteiger charge is 2.18. The fraction of sp³-hybridized carbons (Fsp3) is 0.261. The second kappa shape index (κ2) is 9.37. The summed E-state index contributed by atoms with van der Waals surface area (Å²) in [4.78, 5) is 30.9. The average Bonchev–Trinajstić information content (AvgIpc) is 2.82. The van der Waals surface area contributed by atoms with Gasteiger partial charge in [0, 0.05) is 35.8 Å². The van der Waals surface area contributed by atoms with Gasteiger partial charge in [-0.2, -0.15) is 0 Å². The molecule has 3 aromatic rings. The molecule has 1 aliphatic heterocycles. The molecule has 2 heterocycles. The first kappa shape index (κ1) is 19.8. The van der Waals surface area contributed by atoms with Crippen molar-refractivity contribution in [1.29, 1.82) is 0 Å². The number of para-hydroxylation sites is 1. The van der Waals surface area contributed by atoms with E-state index in [1.807, 2.05) is 30.3 Å².